The topological polar surface area (TPSA) is 41.6 Å². The molecule has 0 aliphatic carbocycles. The van der Waals surface area contributed by atoms with E-state index in [1.165, 1.54) is 13.0 Å². The van der Waals surface area contributed by atoms with E-state index in [0.29, 0.717) is 12.1 Å². The molecule has 2 heterocycles. The number of nitrogens with zero attached hydrogens (tertiary/aromatic N) is 1. The Hall–Kier alpha value is -2.13. The first-order valence-electron chi connectivity index (χ1n) is 9.10. The van der Waals surface area contributed by atoms with E-state index in [2.05, 4.69) is 5.32 Å². The molecule has 0 aromatic heterocycles. The number of ether oxygens (including phenoxy) is 1. The standard InChI is InChI=1S/C19H14F9IN2O2/c1-9-14(11-4-12(17(20,21)22)6-13(5-11)18(23,24)25)33-15(32)31(9)8-10-2-3-30-16(29,7-10)19(26,27)28/h2-7,9,14,30H,8H2,1H3/t9-,14-,16+/m0/s1. The average Bonchev–Trinajstić information content (AvgIpc) is 2.94. The molecule has 1 aromatic rings. The Labute approximate surface area is 194 Å². The Kier molecular flexibility index (Phi) is 6.39. The maximum atomic E-state index is 13.3. The van der Waals surface area contributed by atoms with Gasteiger partial charge in [0.25, 0.3) is 0 Å². The van der Waals surface area contributed by atoms with Crippen LogP contribution in [0.5, 0.6) is 0 Å². The number of carbonyl (C=O) groups excluding carboxylic acids is 1. The van der Waals surface area contributed by atoms with Crippen molar-refractivity contribution >= 4 is 28.7 Å². The molecule has 0 spiro atoms. The summed E-state index contributed by atoms with van der Waals surface area (Å²) in [5.74, 6) is 0. The van der Waals surface area contributed by atoms with Crippen LogP contribution >= 0.6 is 22.6 Å². The van der Waals surface area contributed by atoms with Gasteiger partial charge in [-0.15, -0.1) is 0 Å². The lowest BCUT2D eigenvalue weighted by Crippen LogP contribution is -2.49. The molecule has 1 N–H and O–H groups in total. The number of carbonyl (C=O) groups is 1. The van der Waals surface area contributed by atoms with E-state index in [1.807, 2.05) is 0 Å². The maximum Gasteiger partial charge on any atom is 0.424 e. The SMILES string of the molecule is C[C@H]1[C@@H](c2cc(C(F)(F)F)cc(C(F)(F)F)c2)OC(=O)N1CC1=C[C@](I)(C(F)(F)F)NC=C1. The third kappa shape index (κ3) is 5.19. The highest BCUT2D eigenvalue weighted by molar-refractivity contribution is 14.1. The smallest absolute Gasteiger partial charge is 0.424 e. The molecule has 33 heavy (non-hydrogen) atoms. The van der Waals surface area contributed by atoms with E-state index in [9.17, 15) is 44.3 Å². The lowest BCUT2D eigenvalue weighted by molar-refractivity contribution is -0.148. The van der Waals surface area contributed by atoms with Crippen LogP contribution in [0.3, 0.4) is 0 Å². The van der Waals surface area contributed by atoms with Crippen molar-refractivity contribution in [3.8, 4) is 0 Å². The molecule has 2 aliphatic rings. The van der Waals surface area contributed by atoms with Crippen molar-refractivity contribution in [1.29, 1.82) is 0 Å². The molecule has 0 bridgehead atoms. The predicted octanol–water partition coefficient (Wildman–Crippen LogP) is 6.34. The van der Waals surface area contributed by atoms with Crippen molar-refractivity contribution in [2.75, 3.05) is 6.54 Å². The van der Waals surface area contributed by atoms with Gasteiger partial charge >= 0.3 is 24.6 Å². The van der Waals surface area contributed by atoms with Crippen LogP contribution in [-0.4, -0.2) is 33.3 Å². The Bertz CT molecular complexity index is 968. The second kappa shape index (κ2) is 8.27. The van der Waals surface area contributed by atoms with Gasteiger partial charge in [-0.25, -0.2) is 4.79 Å². The minimum Gasteiger partial charge on any atom is -0.439 e. The third-order valence-corrected chi connectivity index (χ3v) is 6.31. The quantitative estimate of drug-likeness (QED) is 0.191. The van der Waals surface area contributed by atoms with Gasteiger partial charge in [-0.1, -0.05) is 0 Å². The molecule has 0 saturated carbocycles. The largest absolute Gasteiger partial charge is 0.439 e. The van der Waals surface area contributed by atoms with Gasteiger partial charge in [-0.2, -0.15) is 39.5 Å². The highest BCUT2D eigenvalue weighted by Gasteiger charge is 2.52. The van der Waals surface area contributed by atoms with Gasteiger partial charge in [0.2, 0.25) is 3.55 Å². The van der Waals surface area contributed by atoms with E-state index in [1.54, 1.807) is 0 Å². The first-order valence-corrected chi connectivity index (χ1v) is 10.2. The molecular weight excluding hydrogens is 586 g/mol. The van der Waals surface area contributed by atoms with Crippen molar-refractivity contribution in [3.63, 3.8) is 0 Å². The fourth-order valence-electron chi connectivity index (χ4n) is 3.38. The molecule has 0 radical (unpaired) electrons. The lowest BCUT2D eigenvalue weighted by atomic mass is 9.97. The van der Waals surface area contributed by atoms with Crippen LogP contribution < -0.4 is 5.32 Å². The Morgan fingerprint density at radius 3 is 2.06 bits per heavy atom. The predicted molar refractivity (Wildman–Crippen MR) is 105 cm³/mol. The number of benzene rings is 1. The summed E-state index contributed by atoms with van der Waals surface area (Å²) in [6, 6.07) is -0.210. The van der Waals surface area contributed by atoms with Crippen molar-refractivity contribution in [2.24, 2.45) is 0 Å². The second-order valence-electron chi connectivity index (χ2n) is 7.42. The van der Waals surface area contributed by atoms with Gasteiger partial charge in [0.15, 0.2) is 0 Å². The van der Waals surface area contributed by atoms with Crippen LogP contribution in [0, 0.1) is 0 Å². The number of cyclic esters (lactones) is 1. The van der Waals surface area contributed by atoms with Gasteiger partial charge < -0.3 is 10.1 Å². The first kappa shape index (κ1) is 25.5. The maximum absolute atomic E-state index is 13.3. The van der Waals surface area contributed by atoms with Crippen molar-refractivity contribution < 1.29 is 49.0 Å². The van der Waals surface area contributed by atoms with E-state index in [-0.39, 0.29) is 11.6 Å². The summed E-state index contributed by atoms with van der Waals surface area (Å²) in [6.45, 7) is 0.913. The molecule has 14 heteroatoms. The zero-order valence-corrected chi connectivity index (χ0v) is 18.5. The van der Waals surface area contributed by atoms with Crippen molar-refractivity contribution in [3.05, 3.63) is 58.8 Å². The molecule has 3 atom stereocenters. The summed E-state index contributed by atoms with van der Waals surface area (Å²) in [7, 11) is 0. The number of dihydropyridines is 1. The highest BCUT2D eigenvalue weighted by Crippen LogP contribution is 2.42. The average molecular weight is 600 g/mol. The van der Waals surface area contributed by atoms with Crippen molar-refractivity contribution in [2.45, 2.75) is 41.1 Å². The van der Waals surface area contributed by atoms with Crippen LogP contribution in [-0.2, 0) is 17.1 Å². The lowest BCUT2D eigenvalue weighted by Gasteiger charge is -2.31. The van der Waals surface area contributed by atoms with Crippen LogP contribution in [0.25, 0.3) is 0 Å². The molecule has 1 fully saturated rings. The molecule has 3 rings (SSSR count). The second-order valence-corrected chi connectivity index (χ2v) is 9.12. The zero-order chi connectivity index (χ0) is 25.0. The summed E-state index contributed by atoms with van der Waals surface area (Å²) in [5, 5.41) is 2.14. The fourth-order valence-corrected chi connectivity index (χ4v) is 3.96. The van der Waals surface area contributed by atoms with E-state index < -0.39 is 63.5 Å². The van der Waals surface area contributed by atoms with E-state index in [0.717, 1.165) is 39.8 Å². The summed E-state index contributed by atoms with van der Waals surface area (Å²) in [6.07, 6.45) is -14.3. The number of alkyl halides is 10. The van der Waals surface area contributed by atoms with E-state index >= 15 is 0 Å². The van der Waals surface area contributed by atoms with Crippen LogP contribution in [0.1, 0.15) is 29.7 Å². The number of halogens is 10. The highest BCUT2D eigenvalue weighted by atomic mass is 127. The van der Waals surface area contributed by atoms with Crippen LogP contribution in [0.2, 0.25) is 0 Å². The van der Waals surface area contributed by atoms with E-state index in [4.69, 9.17) is 4.74 Å². The normalized spacial score (nSPS) is 26.2. The summed E-state index contributed by atoms with van der Waals surface area (Å²) < 4.78 is 121. The fraction of sp³-hybridized carbons (Fsp3) is 0.421. The molecular formula is C19H14F9IN2O2. The number of amides is 1. The molecule has 1 aromatic carbocycles. The molecule has 4 nitrogen and oxygen atoms in total. The number of rotatable bonds is 3. The van der Waals surface area contributed by atoms with Crippen molar-refractivity contribution in [1.82, 2.24) is 10.2 Å². The summed E-state index contributed by atoms with van der Waals surface area (Å²) >= 11 is 1.13. The summed E-state index contributed by atoms with van der Waals surface area (Å²) in [5.41, 5.74) is -3.63. The molecule has 2 aliphatic heterocycles. The number of hydrogen-bond donors (Lipinski definition) is 1. The number of hydrogen-bond acceptors (Lipinski definition) is 3. The minimum absolute atomic E-state index is 0.0462. The monoisotopic (exact) mass is 600 g/mol. The van der Waals surface area contributed by atoms with Gasteiger partial charge in [-0.05, 0) is 77.2 Å². The summed E-state index contributed by atoms with van der Waals surface area (Å²) in [4.78, 5) is 13.3. The van der Waals surface area contributed by atoms with Crippen LogP contribution in [0.15, 0.2) is 42.1 Å². The van der Waals surface area contributed by atoms with Gasteiger partial charge in [-0.3, -0.25) is 4.90 Å². The zero-order valence-electron chi connectivity index (χ0n) is 16.4. The van der Waals surface area contributed by atoms with Gasteiger partial charge in [0.1, 0.15) is 6.10 Å². The Balaban J connectivity index is 1.92. The number of nitrogens with one attached hydrogen (secondary N) is 1. The molecule has 182 valence electrons. The minimum atomic E-state index is -5.09. The Morgan fingerprint density at radius 1 is 1.03 bits per heavy atom. The first-order chi connectivity index (χ1) is 14.9. The molecule has 0 unspecified atom stereocenters. The molecule has 1 saturated heterocycles. The molecule has 1 amide bonds. The van der Waals surface area contributed by atoms with Gasteiger partial charge in [0, 0.05) is 6.54 Å². The van der Waals surface area contributed by atoms with Gasteiger partial charge in [0.05, 0.1) is 17.2 Å². The van der Waals surface area contributed by atoms with Crippen LogP contribution in [0.4, 0.5) is 44.3 Å². The third-order valence-electron chi connectivity index (χ3n) is 5.07. The Morgan fingerprint density at radius 2 is 1.58 bits per heavy atom.